The molecule has 22 heavy (non-hydrogen) atoms. The SMILES string of the molecule is Cc1ccc2oc(CN3CC(N4CCOCC4)C3)c(C)c2c1. The van der Waals surface area contributed by atoms with E-state index in [1.807, 2.05) is 0 Å². The fourth-order valence-electron chi connectivity index (χ4n) is 3.58. The molecule has 2 fully saturated rings. The zero-order valence-electron chi connectivity index (χ0n) is 13.5. The third-order valence-electron chi connectivity index (χ3n) is 5.06. The largest absolute Gasteiger partial charge is 0.459 e. The topological polar surface area (TPSA) is 28.9 Å². The summed E-state index contributed by atoms with van der Waals surface area (Å²) in [5.41, 5.74) is 3.61. The highest BCUT2D eigenvalue weighted by molar-refractivity contribution is 5.82. The molecule has 0 amide bonds. The zero-order chi connectivity index (χ0) is 15.1. The maximum atomic E-state index is 6.07. The van der Waals surface area contributed by atoms with Crippen LogP contribution >= 0.6 is 0 Å². The van der Waals surface area contributed by atoms with E-state index in [1.165, 1.54) is 16.5 Å². The number of hydrogen-bond acceptors (Lipinski definition) is 4. The van der Waals surface area contributed by atoms with Gasteiger partial charge in [-0.15, -0.1) is 0 Å². The molecule has 2 aromatic rings. The Morgan fingerprint density at radius 3 is 2.68 bits per heavy atom. The molecule has 1 aromatic heterocycles. The number of fused-ring (bicyclic) bond motifs is 1. The zero-order valence-corrected chi connectivity index (χ0v) is 13.5. The van der Waals surface area contributed by atoms with E-state index in [-0.39, 0.29) is 0 Å². The minimum absolute atomic E-state index is 0.704. The average Bonchev–Trinajstić information content (AvgIpc) is 2.80. The van der Waals surface area contributed by atoms with Gasteiger partial charge < -0.3 is 9.15 Å². The van der Waals surface area contributed by atoms with Crippen LogP contribution in [0.3, 0.4) is 0 Å². The standard InChI is InChI=1S/C18H24N2O2/c1-13-3-4-17-16(9-13)14(2)18(22-17)12-19-10-15(11-19)20-5-7-21-8-6-20/h3-4,9,15H,5-8,10-12H2,1-2H3. The summed E-state index contributed by atoms with van der Waals surface area (Å²) in [5.74, 6) is 1.13. The van der Waals surface area contributed by atoms with Crippen LogP contribution in [0, 0.1) is 13.8 Å². The van der Waals surface area contributed by atoms with E-state index in [0.717, 1.165) is 57.3 Å². The lowest BCUT2D eigenvalue weighted by atomic mass is 10.0. The number of ether oxygens (including phenoxy) is 1. The Balaban J connectivity index is 1.41. The molecule has 0 spiro atoms. The Morgan fingerprint density at radius 1 is 1.14 bits per heavy atom. The van der Waals surface area contributed by atoms with Gasteiger partial charge in [0, 0.05) is 37.6 Å². The number of aryl methyl sites for hydroxylation is 2. The lowest BCUT2D eigenvalue weighted by molar-refractivity contribution is -0.0359. The van der Waals surface area contributed by atoms with Crippen molar-refractivity contribution >= 4 is 11.0 Å². The summed E-state index contributed by atoms with van der Waals surface area (Å²) in [5, 5.41) is 1.26. The summed E-state index contributed by atoms with van der Waals surface area (Å²) in [6.07, 6.45) is 0. The van der Waals surface area contributed by atoms with Gasteiger partial charge in [-0.1, -0.05) is 11.6 Å². The van der Waals surface area contributed by atoms with Crippen LogP contribution in [0.2, 0.25) is 0 Å². The predicted molar refractivity (Wildman–Crippen MR) is 87.1 cm³/mol. The van der Waals surface area contributed by atoms with Crippen molar-refractivity contribution in [3.8, 4) is 0 Å². The van der Waals surface area contributed by atoms with Crippen LogP contribution in [0.5, 0.6) is 0 Å². The number of rotatable bonds is 3. The van der Waals surface area contributed by atoms with Gasteiger partial charge in [0.1, 0.15) is 11.3 Å². The second-order valence-electron chi connectivity index (χ2n) is 6.65. The van der Waals surface area contributed by atoms with Gasteiger partial charge in [0.2, 0.25) is 0 Å². The minimum atomic E-state index is 0.704. The Kier molecular flexibility index (Phi) is 3.68. The summed E-state index contributed by atoms with van der Waals surface area (Å²) in [6, 6.07) is 7.14. The molecule has 0 aliphatic carbocycles. The normalized spacial score (nSPS) is 21.4. The number of furan rings is 1. The molecule has 1 aromatic carbocycles. The minimum Gasteiger partial charge on any atom is -0.459 e. The smallest absolute Gasteiger partial charge is 0.134 e. The first-order valence-electron chi connectivity index (χ1n) is 8.23. The molecule has 0 atom stereocenters. The summed E-state index contributed by atoms with van der Waals surface area (Å²) in [4.78, 5) is 5.05. The second-order valence-corrected chi connectivity index (χ2v) is 6.65. The summed E-state index contributed by atoms with van der Waals surface area (Å²) in [6.45, 7) is 11.5. The van der Waals surface area contributed by atoms with Gasteiger partial charge >= 0.3 is 0 Å². The molecule has 0 saturated carbocycles. The quantitative estimate of drug-likeness (QED) is 0.871. The molecule has 118 valence electrons. The molecule has 2 saturated heterocycles. The van der Waals surface area contributed by atoms with Crippen molar-refractivity contribution in [2.75, 3.05) is 39.4 Å². The van der Waals surface area contributed by atoms with E-state index in [2.05, 4.69) is 41.8 Å². The highest BCUT2D eigenvalue weighted by Crippen LogP contribution is 2.28. The first-order valence-corrected chi connectivity index (χ1v) is 8.23. The van der Waals surface area contributed by atoms with Crippen LogP contribution in [0.4, 0.5) is 0 Å². The van der Waals surface area contributed by atoms with Crippen LogP contribution in [-0.4, -0.2) is 55.2 Å². The van der Waals surface area contributed by atoms with Crippen molar-refractivity contribution in [1.29, 1.82) is 0 Å². The molecule has 2 aliphatic heterocycles. The predicted octanol–water partition coefficient (Wildman–Crippen LogP) is 2.57. The van der Waals surface area contributed by atoms with Crippen LogP contribution < -0.4 is 0 Å². The van der Waals surface area contributed by atoms with Crippen molar-refractivity contribution in [1.82, 2.24) is 9.80 Å². The van der Waals surface area contributed by atoms with Crippen LogP contribution in [0.25, 0.3) is 11.0 Å². The van der Waals surface area contributed by atoms with Crippen LogP contribution in [-0.2, 0) is 11.3 Å². The van der Waals surface area contributed by atoms with Gasteiger partial charge in [-0.2, -0.15) is 0 Å². The van der Waals surface area contributed by atoms with Crippen molar-refractivity contribution in [3.05, 3.63) is 35.1 Å². The Hall–Kier alpha value is -1.36. The van der Waals surface area contributed by atoms with E-state index in [0.29, 0.717) is 6.04 Å². The molecule has 0 N–H and O–H groups in total. The first kappa shape index (κ1) is 14.2. The Bertz CT molecular complexity index is 667. The monoisotopic (exact) mass is 300 g/mol. The highest BCUT2D eigenvalue weighted by Gasteiger charge is 2.33. The fourth-order valence-corrected chi connectivity index (χ4v) is 3.58. The van der Waals surface area contributed by atoms with E-state index in [1.54, 1.807) is 0 Å². The van der Waals surface area contributed by atoms with Crippen molar-refractivity contribution < 1.29 is 9.15 Å². The highest BCUT2D eigenvalue weighted by atomic mass is 16.5. The van der Waals surface area contributed by atoms with Crippen molar-refractivity contribution in [3.63, 3.8) is 0 Å². The Morgan fingerprint density at radius 2 is 1.91 bits per heavy atom. The molecule has 3 heterocycles. The van der Waals surface area contributed by atoms with Crippen molar-refractivity contribution in [2.45, 2.75) is 26.4 Å². The number of nitrogens with zero attached hydrogens (tertiary/aromatic N) is 2. The average molecular weight is 300 g/mol. The van der Waals surface area contributed by atoms with Crippen LogP contribution in [0.15, 0.2) is 22.6 Å². The number of morpholine rings is 1. The molecule has 0 bridgehead atoms. The van der Waals surface area contributed by atoms with E-state index >= 15 is 0 Å². The molecule has 2 aliphatic rings. The maximum Gasteiger partial charge on any atom is 0.134 e. The molecular formula is C18H24N2O2. The van der Waals surface area contributed by atoms with Gasteiger partial charge in [0.15, 0.2) is 0 Å². The molecule has 0 unspecified atom stereocenters. The fraction of sp³-hybridized carbons (Fsp3) is 0.556. The number of hydrogen-bond donors (Lipinski definition) is 0. The molecule has 4 rings (SSSR count). The third-order valence-corrected chi connectivity index (χ3v) is 5.06. The van der Waals surface area contributed by atoms with Gasteiger partial charge in [-0.05, 0) is 31.5 Å². The molecule has 0 radical (unpaired) electrons. The van der Waals surface area contributed by atoms with Gasteiger partial charge in [0.25, 0.3) is 0 Å². The summed E-state index contributed by atoms with van der Waals surface area (Å²) >= 11 is 0. The van der Waals surface area contributed by atoms with Crippen molar-refractivity contribution in [2.24, 2.45) is 0 Å². The summed E-state index contributed by atoms with van der Waals surface area (Å²) < 4.78 is 11.5. The Labute approximate surface area is 131 Å². The maximum absolute atomic E-state index is 6.07. The number of likely N-dealkylation sites (tertiary alicyclic amines) is 1. The lowest BCUT2D eigenvalue weighted by Gasteiger charge is -2.46. The van der Waals surface area contributed by atoms with Crippen LogP contribution in [0.1, 0.15) is 16.9 Å². The first-order chi connectivity index (χ1) is 10.7. The van der Waals surface area contributed by atoms with Gasteiger partial charge in [-0.25, -0.2) is 0 Å². The second kappa shape index (κ2) is 5.69. The third kappa shape index (κ3) is 2.56. The molecule has 4 heteroatoms. The van der Waals surface area contributed by atoms with E-state index in [9.17, 15) is 0 Å². The van der Waals surface area contributed by atoms with E-state index < -0.39 is 0 Å². The summed E-state index contributed by atoms with van der Waals surface area (Å²) in [7, 11) is 0. The molecular weight excluding hydrogens is 276 g/mol. The van der Waals surface area contributed by atoms with E-state index in [4.69, 9.17) is 9.15 Å². The lowest BCUT2D eigenvalue weighted by Crippen LogP contribution is -2.60. The number of benzene rings is 1. The van der Waals surface area contributed by atoms with Gasteiger partial charge in [0.05, 0.1) is 19.8 Å². The van der Waals surface area contributed by atoms with Gasteiger partial charge in [-0.3, -0.25) is 9.80 Å². The molecule has 4 nitrogen and oxygen atoms in total.